The van der Waals surface area contributed by atoms with Crippen LogP contribution in [0.2, 0.25) is 10.0 Å². The predicted octanol–water partition coefficient (Wildman–Crippen LogP) is 3.91. The molecule has 0 aliphatic rings. The van der Waals surface area contributed by atoms with E-state index in [0.29, 0.717) is 0 Å². The van der Waals surface area contributed by atoms with Crippen LogP contribution in [-0.2, 0) is 0 Å². The Kier molecular flexibility index (Phi) is 4.35. The van der Waals surface area contributed by atoms with Gasteiger partial charge in [0.2, 0.25) is 0 Å². The van der Waals surface area contributed by atoms with Gasteiger partial charge in [0.25, 0.3) is 0 Å². The lowest BCUT2D eigenvalue weighted by Gasteiger charge is -2.22. The van der Waals surface area contributed by atoms with E-state index in [1.54, 1.807) is 24.3 Å². The molecule has 5 nitrogen and oxygen atoms in total. The second-order valence-corrected chi connectivity index (χ2v) is 4.89. The first-order valence-corrected chi connectivity index (χ1v) is 6.54. The molecule has 2 amide bonds. The summed E-state index contributed by atoms with van der Waals surface area (Å²) >= 11 is 12.0. The fraction of sp³-hybridized carbons (Fsp3) is 0. The number of aromatic carboxylic acids is 1. The van der Waals surface area contributed by atoms with Gasteiger partial charge >= 0.3 is 12.0 Å². The number of carboxylic acid groups (broad SMARTS) is 1. The van der Waals surface area contributed by atoms with Gasteiger partial charge in [0.1, 0.15) is 0 Å². The molecule has 3 N–H and O–H groups in total. The van der Waals surface area contributed by atoms with Crippen LogP contribution in [0.5, 0.6) is 0 Å². The van der Waals surface area contributed by atoms with Crippen LogP contribution in [0.25, 0.3) is 0 Å². The second-order valence-electron chi connectivity index (χ2n) is 4.10. The monoisotopic (exact) mass is 324 g/mol. The summed E-state index contributed by atoms with van der Waals surface area (Å²) in [5.74, 6) is -1.11. The van der Waals surface area contributed by atoms with Gasteiger partial charge in [0.05, 0.1) is 27.0 Å². The van der Waals surface area contributed by atoms with E-state index < -0.39 is 12.0 Å². The number of benzene rings is 2. The van der Waals surface area contributed by atoms with Gasteiger partial charge in [-0.2, -0.15) is 0 Å². The van der Waals surface area contributed by atoms with Crippen molar-refractivity contribution in [2.45, 2.75) is 0 Å². The van der Waals surface area contributed by atoms with Crippen LogP contribution in [-0.4, -0.2) is 17.1 Å². The highest BCUT2D eigenvalue weighted by Gasteiger charge is 2.20. The summed E-state index contributed by atoms with van der Waals surface area (Å²) in [6.45, 7) is 0. The second kappa shape index (κ2) is 6.03. The molecule has 0 aromatic heterocycles. The number of hydrogen-bond acceptors (Lipinski definition) is 2. The smallest absolute Gasteiger partial charge is 0.335 e. The van der Waals surface area contributed by atoms with Crippen LogP contribution in [0.15, 0.2) is 42.5 Å². The minimum atomic E-state index is -1.11. The standard InChI is InChI=1S/C14H10Cl2N2O3/c15-10-5-2-6-11(12(10)16)18(14(17)21)9-4-1-3-8(7-9)13(19)20/h1-7H,(H2,17,21)(H,19,20). The topological polar surface area (TPSA) is 83.6 Å². The zero-order valence-corrected chi connectivity index (χ0v) is 12.1. The summed E-state index contributed by atoms with van der Waals surface area (Å²) < 4.78 is 0. The maximum Gasteiger partial charge on any atom is 0.335 e. The van der Waals surface area contributed by atoms with Gasteiger partial charge in [-0.25, -0.2) is 9.59 Å². The fourth-order valence-corrected chi connectivity index (χ4v) is 2.21. The fourth-order valence-electron chi connectivity index (χ4n) is 1.83. The van der Waals surface area contributed by atoms with Crippen molar-refractivity contribution in [2.24, 2.45) is 5.73 Å². The first kappa shape index (κ1) is 15.2. The lowest BCUT2D eigenvalue weighted by molar-refractivity contribution is 0.0697. The number of carbonyl (C=O) groups excluding carboxylic acids is 1. The van der Waals surface area contributed by atoms with Crippen LogP contribution in [0.3, 0.4) is 0 Å². The molecule has 0 heterocycles. The molecule has 0 saturated heterocycles. The van der Waals surface area contributed by atoms with E-state index in [9.17, 15) is 9.59 Å². The lowest BCUT2D eigenvalue weighted by Crippen LogP contribution is -2.31. The van der Waals surface area contributed by atoms with Crippen LogP contribution >= 0.6 is 23.2 Å². The van der Waals surface area contributed by atoms with Crippen molar-refractivity contribution >= 4 is 46.6 Å². The number of hydrogen-bond donors (Lipinski definition) is 2. The van der Waals surface area contributed by atoms with Crippen molar-refractivity contribution in [2.75, 3.05) is 4.90 Å². The highest BCUT2D eigenvalue weighted by Crippen LogP contribution is 2.36. The molecule has 2 rings (SSSR count). The molecule has 0 saturated carbocycles. The number of amides is 2. The van der Waals surface area contributed by atoms with Gasteiger partial charge in [-0.3, -0.25) is 4.90 Å². The maximum atomic E-state index is 11.7. The van der Waals surface area contributed by atoms with Gasteiger partial charge in [0.15, 0.2) is 0 Å². The van der Waals surface area contributed by atoms with Gasteiger partial charge in [0, 0.05) is 0 Å². The van der Waals surface area contributed by atoms with Crippen molar-refractivity contribution in [3.05, 3.63) is 58.1 Å². The largest absolute Gasteiger partial charge is 0.478 e. The molecule has 0 unspecified atom stereocenters. The summed E-state index contributed by atoms with van der Waals surface area (Å²) in [4.78, 5) is 23.9. The number of halogens is 2. The molecule has 21 heavy (non-hydrogen) atoms. The number of carboxylic acids is 1. The number of nitrogens with zero attached hydrogens (tertiary/aromatic N) is 1. The Hall–Kier alpha value is -2.24. The number of nitrogens with two attached hydrogens (primary N) is 1. The van der Waals surface area contributed by atoms with Gasteiger partial charge in [-0.05, 0) is 30.3 Å². The third-order valence-corrected chi connectivity index (χ3v) is 3.55. The number of anilines is 2. The molecule has 108 valence electrons. The average Bonchev–Trinajstić information content (AvgIpc) is 2.44. The summed E-state index contributed by atoms with van der Waals surface area (Å²) in [6, 6.07) is 9.73. The minimum Gasteiger partial charge on any atom is -0.478 e. The molecule has 0 atom stereocenters. The molecule has 0 bridgehead atoms. The Morgan fingerprint density at radius 2 is 1.76 bits per heavy atom. The van der Waals surface area contributed by atoms with E-state index in [2.05, 4.69) is 0 Å². The number of urea groups is 1. The van der Waals surface area contributed by atoms with Crippen LogP contribution in [0, 0.1) is 0 Å². The molecule has 0 radical (unpaired) electrons. The van der Waals surface area contributed by atoms with E-state index in [-0.39, 0.29) is 27.0 Å². The predicted molar refractivity (Wildman–Crippen MR) is 81.6 cm³/mol. The van der Waals surface area contributed by atoms with Crippen LogP contribution < -0.4 is 10.6 Å². The van der Waals surface area contributed by atoms with Crippen molar-refractivity contribution in [3.8, 4) is 0 Å². The van der Waals surface area contributed by atoms with Crippen molar-refractivity contribution in [1.82, 2.24) is 0 Å². The Morgan fingerprint density at radius 3 is 2.38 bits per heavy atom. The molecular weight excluding hydrogens is 315 g/mol. The van der Waals surface area contributed by atoms with E-state index in [1.807, 2.05) is 0 Å². The van der Waals surface area contributed by atoms with Gasteiger partial charge in [-0.1, -0.05) is 35.3 Å². The Labute approximate surface area is 130 Å². The molecule has 0 fully saturated rings. The summed E-state index contributed by atoms with van der Waals surface area (Å²) in [7, 11) is 0. The van der Waals surface area contributed by atoms with Crippen molar-refractivity contribution in [1.29, 1.82) is 0 Å². The summed E-state index contributed by atoms with van der Waals surface area (Å²) in [6.07, 6.45) is 0. The lowest BCUT2D eigenvalue weighted by atomic mass is 10.1. The highest BCUT2D eigenvalue weighted by atomic mass is 35.5. The summed E-state index contributed by atoms with van der Waals surface area (Å²) in [5.41, 5.74) is 5.97. The number of carbonyl (C=O) groups is 2. The quantitative estimate of drug-likeness (QED) is 0.897. The highest BCUT2D eigenvalue weighted by molar-refractivity contribution is 6.44. The molecule has 2 aromatic carbocycles. The van der Waals surface area contributed by atoms with Gasteiger partial charge < -0.3 is 10.8 Å². The normalized spacial score (nSPS) is 10.2. The molecule has 2 aromatic rings. The maximum absolute atomic E-state index is 11.7. The Morgan fingerprint density at radius 1 is 1.10 bits per heavy atom. The summed E-state index contributed by atoms with van der Waals surface area (Å²) in [5, 5.41) is 9.43. The third-order valence-electron chi connectivity index (χ3n) is 2.74. The van der Waals surface area contributed by atoms with E-state index in [0.717, 1.165) is 4.90 Å². The number of primary amides is 1. The average molecular weight is 325 g/mol. The minimum absolute atomic E-state index is 0.0249. The first-order valence-electron chi connectivity index (χ1n) is 5.78. The van der Waals surface area contributed by atoms with E-state index in [4.69, 9.17) is 34.0 Å². The van der Waals surface area contributed by atoms with Crippen molar-refractivity contribution in [3.63, 3.8) is 0 Å². The number of rotatable bonds is 3. The molecule has 7 heteroatoms. The van der Waals surface area contributed by atoms with E-state index >= 15 is 0 Å². The van der Waals surface area contributed by atoms with Crippen LogP contribution in [0.4, 0.5) is 16.2 Å². The van der Waals surface area contributed by atoms with E-state index in [1.165, 1.54) is 18.2 Å². The Bertz CT molecular complexity index is 719. The zero-order valence-electron chi connectivity index (χ0n) is 10.6. The SMILES string of the molecule is NC(=O)N(c1cccc(C(=O)O)c1)c1cccc(Cl)c1Cl. The van der Waals surface area contributed by atoms with Crippen molar-refractivity contribution < 1.29 is 14.7 Å². The molecule has 0 aliphatic carbocycles. The molecule has 0 spiro atoms. The van der Waals surface area contributed by atoms with Gasteiger partial charge in [-0.15, -0.1) is 0 Å². The first-order chi connectivity index (χ1) is 9.91. The Balaban J connectivity index is 2.59. The van der Waals surface area contributed by atoms with Crippen LogP contribution in [0.1, 0.15) is 10.4 Å². The zero-order chi connectivity index (χ0) is 15.6. The molecular formula is C14H10Cl2N2O3. The molecule has 0 aliphatic heterocycles. The third kappa shape index (κ3) is 3.09.